The van der Waals surface area contributed by atoms with E-state index in [9.17, 15) is 9.59 Å². The summed E-state index contributed by atoms with van der Waals surface area (Å²) >= 11 is 0. The zero-order valence-electron chi connectivity index (χ0n) is 16.2. The first-order valence-electron chi connectivity index (χ1n) is 10.3. The quantitative estimate of drug-likeness (QED) is 0.818. The summed E-state index contributed by atoms with van der Waals surface area (Å²) < 4.78 is 1.65. The van der Waals surface area contributed by atoms with Crippen LogP contribution in [-0.2, 0) is 11.3 Å². The Hall–Kier alpha value is -2.69. The Morgan fingerprint density at radius 2 is 1.89 bits per heavy atom. The topological polar surface area (TPSA) is 54.7 Å². The number of likely N-dealkylation sites (tertiary alicyclic amines) is 1. The first-order chi connectivity index (χ1) is 13.7. The lowest BCUT2D eigenvalue weighted by molar-refractivity contribution is -0.128. The van der Waals surface area contributed by atoms with Crippen LogP contribution in [0.4, 0.5) is 0 Å². The highest BCUT2D eigenvalue weighted by Gasteiger charge is 2.20. The van der Waals surface area contributed by atoms with Gasteiger partial charge in [-0.25, -0.2) is 0 Å². The van der Waals surface area contributed by atoms with Gasteiger partial charge in [0.05, 0.1) is 6.04 Å². The van der Waals surface area contributed by atoms with E-state index in [0.717, 1.165) is 36.9 Å². The summed E-state index contributed by atoms with van der Waals surface area (Å²) in [4.78, 5) is 31.8. The average molecular weight is 377 g/mol. The predicted octanol–water partition coefficient (Wildman–Crippen LogP) is 3.53. The largest absolute Gasteiger partial charge is 0.338 e. The van der Waals surface area contributed by atoms with E-state index >= 15 is 0 Å². The highest BCUT2D eigenvalue weighted by atomic mass is 16.2. The summed E-state index contributed by atoms with van der Waals surface area (Å²) in [5, 5.41) is 0. The Morgan fingerprint density at radius 3 is 2.68 bits per heavy atom. The van der Waals surface area contributed by atoms with Crippen LogP contribution in [0.2, 0.25) is 0 Å². The van der Waals surface area contributed by atoms with Gasteiger partial charge in [-0.15, -0.1) is 0 Å². The zero-order valence-corrected chi connectivity index (χ0v) is 16.2. The minimum Gasteiger partial charge on any atom is -0.338 e. The maximum atomic E-state index is 13.2. The molecular weight excluding hydrogens is 350 g/mol. The smallest absolute Gasteiger partial charge is 0.263 e. The molecule has 1 saturated carbocycles. The zero-order chi connectivity index (χ0) is 19.3. The van der Waals surface area contributed by atoms with E-state index in [-0.39, 0.29) is 11.8 Å². The average Bonchev–Trinajstić information content (AvgIpc) is 3.13. The van der Waals surface area contributed by atoms with Gasteiger partial charge in [0, 0.05) is 31.3 Å². The second kappa shape index (κ2) is 8.55. The number of benzene rings is 1. The molecule has 0 bridgehead atoms. The molecule has 1 amide bonds. The van der Waals surface area contributed by atoms with Gasteiger partial charge in [-0.3, -0.25) is 19.1 Å². The molecule has 2 aromatic rings. The van der Waals surface area contributed by atoms with Crippen LogP contribution < -0.4 is 5.49 Å². The van der Waals surface area contributed by atoms with Gasteiger partial charge in [-0.2, -0.15) is 0 Å². The van der Waals surface area contributed by atoms with E-state index in [2.05, 4.69) is 0 Å². The summed E-state index contributed by atoms with van der Waals surface area (Å²) in [7, 11) is 0. The van der Waals surface area contributed by atoms with E-state index in [4.69, 9.17) is 4.99 Å². The van der Waals surface area contributed by atoms with Crippen LogP contribution >= 0.6 is 0 Å². The van der Waals surface area contributed by atoms with Gasteiger partial charge in [0.1, 0.15) is 5.49 Å². The molecule has 4 rings (SSSR count). The van der Waals surface area contributed by atoms with Gasteiger partial charge < -0.3 is 4.90 Å². The molecule has 1 aliphatic carbocycles. The Labute approximate surface area is 165 Å². The molecule has 1 aliphatic heterocycles. The fourth-order valence-electron chi connectivity index (χ4n) is 4.14. The molecule has 0 atom stereocenters. The van der Waals surface area contributed by atoms with Crippen LogP contribution in [0, 0.1) is 0 Å². The Bertz CT molecular complexity index is 925. The van der Waals surface area contributed by atoms with Crippen LogP contribution in [0.15, 0.2) is 53.7 Å². The molecule has 1 saturated heterocycles. The van der Waals surface area contributed by atoms with Gasteiger partial charge >= 0.3 is 0 Å². The predicted molar refractivity (Wildman–Crippen MR) is 108 cm³/mol. The molecule has 5 nitrogen and oxygen atoms in total. The number of pyridine rings is 1. The number of carbonyl (C=O) groups excluding carboxylic acids is 2. The van der Waals surface area contributed by atoms with Gasteiger partial charge in [-0.05, 0) is 49.1 Å². The summed E-state index contributed by atoms with van der Waals surface area (Å²) in [6.07, 6.45) is 9.25. The molecule has 0 radical (unpaired) electrons. The van der Waals surface area contributed by atoms with E-state index < -0.39 is 0 Å². The lowest BCUT2D eigenvalue weighted by Gasteiger charge is -2.18. The van der Waals surface area contributed by atoms with Gasteiger partial charge in [0.25, 0.3) is 5.91 Å². The molecule has 1 aromatic carbocycles. The van der Waals surface area contributed by atoms with Crippen molar-refractivity contribution in [1.82, 2.24) is 9.47 Å². The fraction of sp³-hybridized carbons (Fsp3) is 0.435. The second-order valence-electron chi connectivity index (χ2n) is 7.77. The number of nitrogens with zero attached hydrogens (tertiary/aromatic N) is 3. The summed E-state index contributed by atoms with van der Waals surface area (Å²) in [5.41, 5.74) is 2.34. The molecule has 2 heterocycles. The van der Waals surface area contributed by atoms with Crippen molar-refractivity contribution in [2.45, 2.75) is 57.5 Å². The van der Waals surface area contributed by atoms with Crippen LogP contribution in [0.5, 0.6) is 0 Å². The molecule has 0 spiro atoms. The lowest BCUT2D eigenvalue weighted by atomic mass is 9.96. The van der Waals surface area contributed by atoms with E-state index in [1.807, 2.05) is 47.4 Å². The van der Waals surface area contributed by atoms with E-state index in [0.29, 0.717) is 24.6 Å². The third kappa shape index (κ3) is 4.24. The van der Waals surface area contributed by atoms with E-state index in [1.165, 1.54) is 19.3 Å². The van der Waals surface area contributed by atoms with Crippen molar-refractivity contribution >= 4 is 11.8 Å². The molecule has 28 heavy (non-hydrogen) atoms. The maximum absolute atomic E-state index is 13.2. The molecule has 0 unspecified atom stereocenters. The molecule has 2 aliphatic rings. The molecule has 2 fully saturated rings. The normalized spacial score (nSPS) is 18.6. The second-order valence-corrected chi connectivity index (χ2v) is 7.77. The molecule has 1 aromatic heterocycles. The van der Waals surface area contributed by atoms with Crippen molar-refractivity contribution in [3.63, 3.8) is 0 Å². The standard InChI is InChI=1S/C23H27N3O2/c27-22-13-7-14-25(22)17-18-8-6-9-19(16-18)23(28)26-15-5-4-12-21(26)24-20-10-2-1-3-11-20/h4-6,8-9,12,15-16,20H,1-3,7,10-11,13-14,17H2. The number of amides is 1. The van der Waals surface area contributed by atoms with Crippen LogP contribution in [-0.4, -0.2) is 33.9 Å². The van der Waals surface area contributed by atoms with Crippen molar-refractivity contribution in [2.24, 2.45) is 4.99 Å². The van der Waals surface area contributed by atoms with Crippen molar-refractivity contribution in [2.75, 3.05) is 6.54 Å². The van der Waals surface area contributed by atoms with Crippen LogP contribution in [0.1, 0.15) is 60.9 Å². The molecule has 0 N–H and O–H groups in total. The first kappa shape index (κ1) is 18.7. The number of carbonyl (C=O) groups is 2. The third-order valence-electron chi connectivity index (χ3n) is 5.67. The van der Waals surface area contributed by atoms with E-state index in [1.54, 1.807) is 10.8 Å². The highest BCUT2D eigenvalue weighted by molar-refractivity contribution is 5.96. The van der Waals surface area contributed by atoms with Gasteiger partial charge in [-0.1, -0.05) is 37.5 Å². The summed E-state index contributed by atoms with van der Waals surface area (Å²) in [6.45, 7) is 1.37. The molecule has 5 heteroatoms. The minimum absolute atomic E-state index is 0.0789. The Kier molecular flexibility index (Phi) is 5.70. The Morgan fingerprint density at radius 1 is 1.04 bits per heavy atom. The monoisotopic (exact) mass is 377 g/mol. The van der Waals surface area contributed by atoms with Gasteiger partial charge in [0.15, 0.2) is 0 Å². The van der Waals surface area contributed by atoms with Gasteiger partial charge in [0.2, 0.25) is 5.91 Å². The van der Waals surface area contributed by atoms with Crippen LogP contribution in [0.3, 0.4) is 0 Å². The van der Waals surface area contributed by atoms with Crippen molar-refractivity contribution < 1.29 is 9.59 Å². The van der Waals surface area contributed by atoms with Crippen molar-refractivity contribution in [3.8, 4) is 0 Å². The summed E-state index contributed by atoms with van der Waals surface area (Å²) in [5.74, 6) is 0.118. The fourth-order valence-corrected chi connectivity index (χ4v) is 4.14. The number of hydrogen-bond donors (Lipinski definition) is 0. The minimum atomic E-state index is -0.0789. The Balaban J connectivity index is 1.59. The molecule has 146 valence electrons. The number of hydrogen-bond acceptors (Lipinski definition) is 3. The maximum Gasteiger partial charge on any atom is 0.263 e. The molecular formula is C23H27N3O2. The first-order valence-corrected chi connectivity index (χ1v) is 10.3. The van der Waals surface area contributed by atoms with Crippen molar-refractivity contribution in [3.05, 3.63) is 65.3 Å². The number of rotatable bonds is 4. The summed E-state index contributed by atoms with van der Waals surface area (Å²) in [6, 6.07) is 13.6. The lowest BCUT2D eigenvalue weighted by Crippen LogP contribution is -2.29. The van der Waals surface area contributed by atoms with Crippen molar-refractivity contribution in [1.29, 1.82) is 0 Å². The number of aromatic nitrogens is 1. The highest BCUT2D eigenvalue weighted by Crippen LogP contribution is 2.20. The SMILES string of the molecule is O=C1CCCN1Cc1cccc(C(=O)n2ccccc2=NC2CCCCC2)c1. The third-order valence-corrected chi connectivity index (χ3v) is 5.67. The van der Waals surface area contributed by atoms with Crippen LogP contribution in [0.25, 0.3) is 0 Å².